The van der Waals surface area contributed by atoms with E-state index in [1.54, 1.807) is 7.11 Å². The van der Waals surface area contributed by atoms with Gasteiger partial charge >= 0.3 is 0 Å². The van der Waals surface area contributed by atoms with E-state index in [1.165, 1.54) is 0 Å². The molecule has 3 saturated carbocycles. The van der Waals surface area contributed by atoms with Crippen LogP contribution >= 0.6 is 0 Å². The van der Waals surface area contributed by atoms with E-state index in [9.17, 15) is 14.9 Å². The van der Waals surface area contributed by atoms with E-state index < -0.39 is 10.8 Å². The smallest absolute Gasteiger partial charge is 0.233 e. The van der Waals surface area contributed by atoms with Crippen LogP contribution in [0.1, 0.15) is 98.7 Å². The lowest BCUT2D eigenvalue weighted by molar-refractivity contribution is -0.166. The molecule has 7 heteroatoms. The van der Waals surface area contributed by atoms with Gasteiger partial charge < -0.3 is 9.26 Å². The first kappa shape index (κ1) is 29.5. The van der Waals surface area contributed by atoms with Crippen molar-refractivity contribution in [1.29, 1.82) is 5.26 Å². The zero-order valence-corrected chi connectivity index (χ0v) is 26.7. The van der Waals surface area contributed by atoms with Crippen molar-refractivity contribution in [3.05, 3.63) is 35.0 Å². The minimum Gasteiger partial charge on any atom is -0.384 e. The molecule has 6 rings (SSSR count). The summed E-state index contributed by atoms with van der Waals surface area (Å²) in [5.74, 6) is 2.30. The van der Waals surface area contributed by atoms with Crippen molar-refractivity contribution in [3.63, 3.8) is 0 Å². The lowest BCUT2D eigenvalue weighted by Gasteiger charge is -2.69. The van der Waals surface area contributed by atoms with Gasteiger partial charge in [-0.3, -0.25) is 9.59 Å². The summed E-state index contributed by atoms with van der Waals surface area (Å²) >= 11 is 0. The third-order valence-corrected chi connectivity index (χ3v) is 13.7. The molecule has 7 nitrogen and oxygen atoms in total. The first-order chi connectivity index (χ1) is 19.7. The fourth-order valence-corrected chi connectivity index (χ4v) is 11.0. The number of ether oxygens (including phenoxy) is 1. The third-order valence-electron chi connectivity index (χ3n) is 13.7. The summed E-state index contributed by atoms with van der Waals surface area (Å²) in [6.07, 6.45) is 10.1. The highest BCUT2D eigenvalue weighted by atomic mass is 16.5. The van der Waals surface area contributed by atoms with Crippen molar-refractivity contribution in [2.75, 3.05) is 13.7 Å². The van der Waals surface area contributed by atoms with Gasteiger partial charge in [0.05, 0.1) is 17.6 Å². The third kappa shape index (κ3) is 3.60. The summed E-state index contributed by atoms with van der Waals surface area (Å²) < 4.78 is 11.3. The van der Waals surface area contributed by atoms with E-state index in [0.29, 0.717) is 36.6 Å². The predicted octanol–water partition coefficient (Wildman–Crippen LogP) is 6.59. The Bertz CT molecular complexity index is 1430. The molecule has 226 valence electrons. The Morgan fingerprint density at radius 3 is 2.50 bits per heavy atom. The largest absolute Gasteiger partial charge is 0.384 e. The number of hydrogen-bond donors (Lipinski definition) is 0. The Morgan fingerprint density at radius 1 is 1.07 bits per heavy atom. The number of Topliss-reactive ketones (excluding diaryl/α,β-unsaturated/α-hetero) is 1. The molecule has 5 aliphatic rings. The Morgan fingerprint density at radius 2 is 1.81 bits per heavy atom. The first-order valence-corrected chi connectivity index (χ1v) is 16.0. The average molecular weight is 574 g/mol. The standard InChI is InChI=1S/C35H47N3O4/c1-20-9-13-35(30-37-26(38-42-30)11-16-41-8)15-14-34(7)28(27(35)21(20)2)23(39)17-25-32(5)18-22(19-36)29(40)31(3,4)24(32)10-12-33(25,34)6/h17-18,20-21,24,27-28H,9-16H2,1-8H3/t20-,21+,24+,27+,28-,32+,33-,34-,35+/m1/s1. The summed E-state index contributed by atoms with van der Waals surface area (Å²) in [7, 11) is 1.68. The Balaban J connectivity index is 1.50. The molecule has 9 atom stereocenters. The molecule has 0 aliphatic heterocycles. The number of fused-ring (bicyclic) bond motifs is 7. The Kier molecular flexibility index (Phi) is 6.64. The number of ketones is 2. The molecule has 1 aromatic heterocycles. The quantitative estimate of drug-likeness (QED) is 0.400. The van der Waals surface area contributed by atoms with Crippen molar-refractivity contribution in [1.82, 2.24) is 10.1 Å². The van der Waals surface area contributed by atoms with Gasteiger partial charge in [-0.2, -0.15) is 10.2 Å². The fraction of sp³-hybridized carbons (Fsp3) is 0.743. The van der Waals surface area contributed by atoms with Crippen LogP contribution in [0, 0.1) is 62.6 Å². The van der Waals surface area contributed by atoms with E-state index >= 15 is 0 Å². The summed E-state index contributed by atoms with van der Waals surface area (Å²) in [5.41, 5.74) is -0.650. The zero-order valence-electron chi connectivity index (χ0n) is 26.7. The van der Waals surface area contributed by atoms with Crippen molar-refractivity contribution in [2.45, 2.75) is 98.8 Å². The number of allylic oxidation sites excluding steroid dienone is 4. The predicted molar refractivity (Wildman–Crippen MR) is 158 cm³/mol. The lowest BCUT2D eigenvalue weighted by Crippen LogP contribution is -2.66. The maximum Gasteiger partial charge on any atom is 0.233 e. The molecule has 1 heterocycles. The van der Waals surface area contributed by atoms with Gasteiger partial charge in [-0.15, -0.1) is 0 Å². The maximum atomic E-state index is 14.7. The second-order valence-electron chi connectivity index (χ2n) is 15.6. The van der Waals surface area contributed by atoms with E-state index in [-0.39, 0.29) is 51.1 Å². The summed E-state index contributed by atoms with van der Waals surface area (Å²) in [6.45, 7) is 16.1. The summed E-state index contributed by atoms with van der Waals surface area (Å²) in [5, 5.41) is 14.3. The number of carbonyl (C=O) groups excluding carboxylic acids is 2. The number of methoxy groups -OCH3 is 1. The van der Waals surface area contributed by atoms with E-state index in [4.69, 9.17) is 14.2 Å². The van der Waals surface area contributed by atoms with E-state index in [1.807, 2.05) is 26.0 Å². The number of carbonyl (C=O) groups is 2. The van der Waals surface area contributed by atoms with Crippen molar-refractivity contribution < 1.29 is 18.8 Å². The molecule has 0 bridgehead atoms. The van der Waals surface area contributed by atoms with Gasteiger partial charge in [0.15, 0.2) is 17.4 Å². The minimum atomic E-state index is -0.662. The molecule has 0 N–H and O–H groups in total. The molecule has 3 fully saturated rings. The molecule has 0 saturated heterocycles. The van der Waals surface area contributed by atoms with E-state index in [2.05, 4.69) is 45.8 Å². The van der Waals surface area contributed by atoms with Crippen LogP contribution in [0.5, 0.6) is 0 Å². The van der Waals surface area contributed by atoms with Gasteiger partial charge in [-0.05, 0) is 79.1 Å². The van der Waals surface area contributed by atoms with Crippen LogP contribution in [0.2, 0.25) is 0 Å². The van der Waals surface area contributed by atoms with Gasteiger partial charge in [-0.1, -0.05) is 65.3 Å². The maximum absolute atomic E-state index is 14.7. The van der Waals surface area contributed by atoms with Crippen LogP contribution in [0.25, 0.3) is 0 Å². The molecule has 0 aromatic carbocycles. The highest BCUT2D eigenvalue weighted by Crippen LogP contribution is 2.74. The van der Waals surface area contributed by atoms with Crippen LogP contribution in [0.3, 0.4) is 0 Å². The van der Waals surface area contributed by atoms with Crippen molar-refractivity contribution in [2.24, 2.45) is 51.2 Å². The van der Waals surface area contributed by atoms with Crippen molar-refractivity contribution in [3.8, 4) is 6.07 Å². The highest BCUT2D eigenvalue weighted by Gasteiger charge is 2.71. The molecular weight excluding hydrogens is 526 g/mol. The normalized spacial score (nSPS) is 44.1. The zero-order chi connectivity index (χ0) is 30.5. The summed E-state index contributed by atoms with van der Waals surface area (Å²) in [4.78, 5) is 33.0. The molecule has 0 radical (unpaired) electrons. The minimum absolute atomic E-state index is 0.0436. The molecular formula is C35H47N3O4. The molecule has 0 amide bonds. The van der Waals surface area contributed by atoms with Gasteiger partial charge in [0.25, 0.3) is 0 Å². The lowest BCUT2D eigenvalue weighted by atomic mass is 9.34. The monoisotopic (exact) mass is 573 g/mol. The van der Waals surface area contributed by atoms with Gasteiger partial charge in [0.1, 0.15) is 6.07 Å². The van der Waals surface area contributed by atoms with Gasteiger partial charge in [0.2, 0.25) is 5.89 Å². The van der Waals surface area contributed by atoms with Crippen LogP contribution < -0.4 is 0 Å². The highest BCUT2D eigenvalue weighted by molar-refractivity contribution is 6.04. The Hall–Kier alpha value is -2.59. The van der Waals surface area contributed by atoms with Gasteiger partial charge in [-0.25, -0.2) is 0 Å². The number of rotatable bonds is 4. The van der Waals surface area contributed by atoms with Gasteiger partial charge in [0, 0.05) is 30.3 Å². The van der Waals surface area contributed by atoms with E-state index in [0.717, 1.165) is 44.1 Å². The van der Waals surface area contributed by atoms with Crippen molar-refractivity contribution >= 4 is 11.6 Å². The molecule has 5 aliphatic carbocycles. The topological polar surface area (TPSA) is 106 Å². The number of nitriles is 1. The number of hydrogen-bond acceptors (Lipinski definition) is 7. The average Bonchev–Trinajstić information content (AvgIpc) is 3.43. The number of nitrogens with zero attached hydrogens (tertiary/aromatic N) is 3. The molecule has 1 aromatic rings. The molecule has 0 spiro atoms. The van der Waals surface area contributed by atoms with Crippen LogP contribution in [0.4, 0.5) is 0 Å². The SMILES string of the molecule is COCCc1noc([C@]23CC[C@@H](C)[C@H](C)[C@H]2[C@H]2C(=O)C=C4[C@@]5(C)C=C(C#N)C(=O)C(C)(C)[C@@H]5CC[C@@]4(C)[C@]2(C)CC3)n1. The Labute approximate surface area is 250 Å². The van der Waals surface area contributed by atoms with Crippen LogP contribution in [-0.4, -0.2) is 35.4 Å². The molecule has 0 unspecified atom stereocenters. The second-order valence-corrected chi connectivity index (χ2v) is 15.6. The first-order valence-electron chi connectivity index (χ1n) is 16.0. The second kappa shape index (κ2) is 9.45. The summed E-state index contributed by atoms with van der Waals surface area (Å²) in [6, 6.07) is 2.21. The number of aromatic nitrogens is 2. The molecule has 42 heavy (non-hydrogen) atoms. The van der Waals surface area contributed by atoms with Crippen LogP contribution in [0.15, 0.2) is 27.8 Å². The fourth-order valence-electron chi connectivity index (χ4n) is 11.0. The van der Waals surface area contributed by atoms with Crippen LogP contribution in [-0.2, 0) is 26.2 Å².